The maximum absolute atomic E-state index is 5.86. The van der Waals surface area contributed by atoms with Gasteiger partial charge >= 0.3 is 17.6 Å². The van der Waals surface area contributed by atoms with Gasteiger partial charge in [0.25, 0.3) is 0 Å². The molecule has 0 atom stereocenters. The Labute approximate surface area is 196 Å². The van der Waals surface area contributed by atoms with Gasteiger partial charge in [-0.3, -0.25) is 0 Å². The van der Waals surface area contributed by atoms with Crippen LogP contribution in [0.3, 0.4) is 0 Å². The van der Waals surface area contributed by atoms with Gasteiger partial charge in [-0.05, 0) is 38.5 Å². The minimum absolute atomic E-state index is 0.732. The molecule has 6 nitrogen and oxygen atoms in total. The maximum Gasteiger partial charge on any atom is 0.497 e. The smallest absolute Gasteiger partial charge is 0.374 e. The van der Waals surface area contributed by atoms with E-state index in [9.17, 15) is 0 Å². The highest BCUT2D eigenvalue weighted by Gasteiger charge is 2.35. The van der Waals surface area contributed by atoms with Crippen LogP contribution in [-0.4, -0.2) is 57.3 Å². The fourth-order valence-corrected chi connectivity index (χ4v) is 6.09. The largest absolute Gasteiger partial charge is 0.497 e. The lowest BCUT2D eigenvalue weighted by atomic mass is 10.4. The van der Waals surface area contributed by atoms with Crippen LogP contribution in [0.15, 0.2) is 0 Å². The second-order valence-electron chi connectivity index (χ2n) is 7.88. The fraction of sp³-hybridized carbons (Fsp3) is 1.00. The van der Waals surface area contributed by atoms with Crippen molar-refractivity contribution in [3.8, 4) is 0 Å². The van der Waals surface area contributed by atoms with Gasteiger partial charge in [-0.1, -0.05) is 60.8 Å². The first kappa shape index (κ1) is 33.4. The molecule has 0 unspecified atom stereocenters. The van der Waals surface area contributed by atoms with Crippen molar-refractivity contribution in [3.63, 3.8) is 0 Å². The van der Waals surface area contributed by atoms with Crippen molar-refractivity contribution in [2.75, 3.05) is 39.6 Å². The highest BCUT2D eigenvalue weighted by molar-refractivity contribution is 6.59. The molecule has 0 aliphatic rings. The van der Waals surface area contributed by atoms with E-state index in [1.165, 1.54) is 0 Å². The van der Waals surface area contributed by atoms with Gasteiger partial charge < -0.3 is 26.6 Å². The highest BCUT2D eigenvalue weighted by atomic mass is 28.4. The third-order valence-electron chi connectivity index (χ3n) is 4.29. The Balaban J connectivity index is 0. The van der Waals surface area contributed by atoms with Crippen molar-refractivity contribution in [1.82, 2.24) is 0 Å². The first-order valence-electron chi connectivity index (χ1n) is 12.7. The van der Waals surface area contributed by atoms with Gasteiger partial charge in [0.2, 0.25) is 0 Å². The predicted molar refractivity (Wildman–Crippen MR) is 135 cm³/mol. The average Bonchev–Trinajstić information content (AvgIpc) is 2.76. The molecule has 0 spiro atoms. The summed E-state index contributed by atoms with van der Waals surface area (Å²) in [5.41, 5.74) is 0. The molecule has 0 radical (unpaired) electrons. The van der Waals surface area contributed by atoms with Crippen LogP contribution in [0.5, 0.6) is 0 Å². The lowest BCUT2D eigenvalue weighted by Crippen LogP contribution is -2.43. The van der Waals surface area contributed by atoms with Crippen molar-refractivity contribution in [3.05, 3.63) is 0 Å². The van der Waals surface area contributed by atoms with Gasteiger partial charge in [-0.25, -0.2) is 0 Å². The second-order valence-corrected chi connectivity index (χ2v) is 13.1. The number of rotatable bonds is 21. The Morgan fingerprint density at radius 2 is 0.581 bits per heavy atom. The van der Waals surface area contributed by atoms with Crippen molar-refractivity contribution in [2.45, 2.75) is 112 Å². The molecule has 0 aliphatic carbocycles. The average molecular weight is 483 g/mol. The van der Waals surface area contributed by atoms with Crippen LogP contribution in [0.25, 0.3) is 0 Å². The molecular formula is C23H54O6Si2. The van der Waals surface area contributed by atoms with E-state index in [1.807, 2.05) is 13.1 Å². The Hall–Kier alpha value is 0.194. The van der Waals surface area contributed by atoms with E-state index in [0.29, 0.717) is 0 Å². The lowest BCUT2D eigenvalue weighted by Gasteiger charge is -2.26. The van der Waals surface area contributed by atoms with E-state index in [4.69, 9.17) is 26.6 Å². The fourth-order valence-electron chi connectivity index (χ4n) is 2.32. The standard InChI is InChI=1S/C13H30O3Si.C10H24O3Si/c1-5-8-11-14-17(4,15-12-9-6-2)16-13-10-7-3;1-5-8-11-14(4,12-9-6-2)13-10-7-3/h5-13H2,1-4H3;5-10H2,1-4H3. The zero-order chi connectivity index (χ0) is 23.8. The van der Waals surface area contributed by atoms with Crippen LogP contribution >= 0.6 is 0 Å². The van der Waals surface area contributed by atoms with Crippen LogP contribution in [-0.2, 0) is 26.6 Å². The quantitative estimate of drug-likeness (QED) is 0.132. The summed E-state index contributed by atoms with van der Waals surface area (Å²) in [6.07, 6.45) is 9.70. The first-order chi connectivity index (χ1) is 14.9. The van der Waals surface area contributed by atoms with Crippen molar-refractivity contribution in [2.24, 2.45) is 0 Å². The molecule has 0 fully saturated rings. The summed E-state index contributed by atoms with van der Waals surface area (Å²) in [7, 11) is -4.67. The maximum atomic E-state index is 5.86. The minimum atomic E-state index is -2.36. The normalized spacial score (nSPS) is 12.0. The van der Waals surface area contributed by atoms with E-state index >= 15 is 0 Å². The van der Waals surface area contributed by atoms with Crippen molar-refractivity contribution >= 4 is 17.6 Å². The first-order valence-corrected chi connectivity index (χ1v) is 17.1. The zero-order valence-electron chi connectivity index (χ0n) is 22.1. The summed E-state index contributed by atoms with van der Waals surface area (Å²) in [6, 6.07) is 0. The van der Waals surface area contributed by atoms with Gasteiger partial charge in [0.1, 0.15) is 0 Å². The molecule has 0 amide bonds. The molecule has 0 aromatic rings. The summed E-state index contributed by atoms with van der Waals surface area (Å²) >= 11 is 0. The molecule has 0 bridgehead atoms. The molecule has 0 aliphatic heterocycles. The van der Waals surface area contributed by atoms with Gasteiger partial charge in [0.05, 0.1) is 0 Å². The van der Waals surface area contributed by atoms with Crippen molar-refractivity contribution in [1.29, 1.82) is 0 Å². The molecule has 190 valence electrons. The van der Waals surface area contributed by atoms with E-state index in [0.717, 1.165) is 97.4 Å². The van der Waals surface area contributed by atoms with E-state index < -0.39 is 17.6 Å². The van der Waals surface area contributed by atoms with Crippen LogP contribution in [0.4, 0.5) is 0 Å². The number of unbranched alkanes of at least 4 members (excludes halogenated alkanes) is 3. The third kappa shape index (κ3) is 21.8. The van der Waals surface area contributed by atoms with Crippen LogP contribution in [0, 0.1) is 0 Å². The van der Waals surface area contributed by atoms with Crippen LogP contribution < -0.4 is 0 Å². The molecule has 31 heavy (non-hydrogen) atoms. The molecule has 0 rings (SSSR count). The third-order valence-corrected chi connectivity index (χ3v) is 8.66. The number of hydrogen-bond donors (Lipinski definition) is 0. The summed E-state index contributed by atoms with van der Waals surface area (Å²) < 4.78 is 34.6. The Kier molecular flexibility index (Phi) is 25.1. The molecule has 0 heterocycles. The van der Waals surface area contributed by atoms with Gasteiger partial charge in [-0.15, -0.1) is 0 Å². The number of hydrogen-bond acceptors (Lipinski definition) is 6. The van der Waals surface area contributed by atoms with E-state index in [2.05, 4.69) is 41.5 Å². The second kappa shape index (κ2) is 23.4. The molecule has 0 aromatic carbocycles. The zero-order valence-corrected chi connectivity index (χ0v) is 24.1. The molecule has 0 N–H and O–H groups in total. The molecular weight excluding hydrogens is 428 g/mol. The summed E-state index contributed by atoms with van der Waals surface area (Å²) in [5, 5.41) is 0. The molecule has 0 aromatic heterocycles. The predicted octanol–water partition coefficient (Wildman–Crippen LogP) is 6.84. The van der Waals surface area contributed by atoms with E-state index in [-0.39, 0.29) is 0 Å². The SMILES string of the molecule is CCCCO[Si](C)(OCCCC)OCCCC.CCCO[Si](C)(OCCC)OCCC. The van der Waals surface area contributed by atoms with Gasteiger partial charge in [0.15, 0.2) is 0 Å². The van der Waals surface area contributed by atoms with Gasteiger partial charge in [-0.2, -0.15) is 0 Å². The van der Waals surface area contributed by atoms with Gasteiger partial charge in [0, 0.05) is 52.7 Å². The summed E-state index contributed by atoms with van der Waals surface area (Å²) in [5.74, 6) is 0. The monoisotopic (exact) mass is 482 g/mol. The highest BCUT2D eigenvalue weighted by Crippen LogP contribution is 2.13. The van der Waals surface area contributed by atoms with Crippen LogP contribution in [0.1, 0.15) is 99.3 Å². The molecule has 8 heteroatoms. The lowest BCUT2D eigenvalue weighted by molar-refractivity contribution is 0.0626. The van der Waals surface area contributed by atoms with E-state index in [1.54, 1.807) is 0 Å². The Morgan fingerprint density at radius 1 is 0.355 bits per heavy atom. The Bertz CT molecular complexity index is 313. The summed E-state index contributed by atoms with van der Waals surface area (Å²) in [6.45, 7) is 21.3. The van der Waals surface area contributed by atoms with Crippen LogP contribution in [0.2, 0.25) is 13.1 Å². The summed E-state index contributed by atoms with van der Waals surface area (Å²) in [4.78, 5) is 0. The molecule has 0 saturated carbocycles. The topological polar surface area (TPSA) is 55.4 Å². The Morgan fingerprint density at radius 3 is 0.774 bits per heavy atom. The minimum Gasteiger partial charge on any atom is -0.374 e. The van der Waals surface area contributed by atoms with Crippen molar-refractivity contribution < 1.29 is 26.6 Å². The molecule has 0 saturated heterocycles.